The summed E-state index contributed by atoms with van der Waals surface area (Å²) in [5.41, 5.74) is -1.57. The molecule has 0 aliphatic heterocycles. The molecule has 0 heterocycles. The van der Waals surface area contributed by atoms with Crippen LogP contribution in [0.5, 0.6) is 0 Å². The molecule has 0 aliphatic rings. The molecule has 0 radical (unpaired) electrons. The number of carbonyl (C=O) groups is 2. The van der Waals surface area contributed by atoms with Crippen molar-refractivity contribution >= 4 is 11.9 Å². The molecule has 0 aromatic carbocycles. The summed E-state index contributed by atoms with van der Waals surface area (Å²) < 4.78 is 0. The molecule has 2 N–H and O–H groups in total. The molecule has 0 aromatic heterocycles. The smallest absolute Gasteiger partial charge is 1.00 e. The monoisotopic (exact) mass is 406 g/mol. The topological polar surface area (TPSA) is 74.6 Å². The summed E-state index contributed by atoms with van der Waals surface area (Å²) in [5.74, 6) is -2.33. The molecule has 0 aliphatic carbocycles. The first kappa shape index (κ1) is 32.2. The van der Waals surface area contributed by atoms with Crippen molar-refractivity contribution in [2.24, 2.45) is 5.41 Å². The van der Waals surface area contributed by atoms with Gasteiger partial charge in [0, 0.05) is 0 Å². The second-order valence-electron chi connectivity index (χ2n) is 7.08. The van der Waals surface area contributed by atoms with E-state index in [4.69, 9.17) is 0 Å². The van der Waals surface area contributed by atoms with E-state index >= 15 is 0 Å². The first-order valence-electron chi connectivity index (χ1n) is 9.98. The fourth-order valence-electron chi connectivity index (χ4n) is 3.24. The Bertz CT molecular complexity index is 347. The van der Waals surface area contributed by atoms with Gasteiger partial charge < -0.3 is 13.1 Å². The minimum atomic E-state index is -1.57. The van der Waals surface area contributed by atoms with Gasteiger partial charge in [0.1, 0.15) is 0 Å². The Hall–Kier alpha value is 1.58. The summed E-state index contributed by atoms with van der Waals surface area (Å²) in [7, 11) is 0. The second-order valence-corrected chi connectivity index (χ2v) is 7.08. The largest absolute Gasteiger partial charge is 1.00 e. The normalized spacial score (nSPS) is 10.7. The van der Waals surface area contributed by atoms with Gasteiger partial charge in [-0.1, -0.05) is 97.3 Å². The van der Waals surface area contributed by atoms with Gasteiger partial charge in [0.15, 0.2) is 5.41 Å². The Morgan fingerprint density at radius 1 is 0.654 bits per heavy atom. The third kappa shape index (κ3) is 14.6. The first-order chi connectivity index (χ1) is 11.5. The maximum absolute atomic E-state index is 11.6. The number of carboxylic acids is 2. The van der Waals surface area contributed by atoms with Gasteiger partial charge in [0.2, 0.25) is 0 Å². The predicted octanol–water partition coefficient (Wildman–Crippen LogP) is 0.266. The van der Waals surface area contributed by atoms with Gasteiger partial charge in [-0.3, -0.25) is 9.59 Å². The second kappa shape index (κ2) is 21.3. The molecule has 0 saturated heterocycles. The fourth-order valence-corrected chi connectivity index (χ4v) is 3.24. The number of rotatable bonds is 17. The van der Waals surface area contributed by atoms with Crippen LogP contribution in [-0.4, -0.2) is 22.2 Å². The van der Waals surface area contributed by atoms with Crippen molar-refractivity contribution in [3.8, 4) is 0 Å². The summed E-state index contributed by atoms with van der Waals surface area (Å²) in [6.07, 6.45) is 14.7. The standard InChI is InChI=1S/C20H38O4.K.Na.2H/c1-3-5-7-8-9-10-11-12-13-15-17-20(18(21)22,19(23)24)16-14-6-4-2;;;;/h3-17H2,1-2H3,(H,21,22)(H,23,24);;;;/q;2*+1;2*-1. The van der Waals surface area contributed by atoms with Gasteiger partial charge >= 0.3 is 92.9 Å². The Labute approximate surface area is 228 Å². The molecular formula is C20H40KNaO4. The van der Waals surface area contributed by atoms with Crippen molar-refractivity contribution in [2.45, 2.75) is 110 Å². The molecule has 0 fully saturated rings. The van der Waals surface area contributed by atoms with Crippen molar-refractivity contribution < 1.29 is 104 Å². The Morgan fingerprint density at radius 3 is 1.27 bits per heavy atom. The molecule has 26 heavy (non-hydrogen) atoms. The number of aliphatic carboxylic acids is 2. The predicted molar refractivity (Wildman–Crippen MR) is 101 cm³/mol. The van der Waals surface area contributed by atoms with Crippen molar-refractivity contribution in [3.63, 3.8) is 0 Å². The molecule has 0 amide bonds. The number of carboxylic acid groups (broad SMARTS) is 2. The minimum Gasteiger partial charge on any atom is -1.00 e. The third-order valence-electron chi connectivity index (χ3n) is 4.98. The SMILES string of the molecule is CCCCCCCCCCCCC(CCCCC)(C(=O)O)C(=O)O.[H-].[H-].[K+].[Na+]. The summed E-state index contributed by atoms with van der Waals surface area (Å²) in [4.78, 5) is 23.1. The van der Waals surface area contributed by atoms with Gasteiger partial charge in [-0.2, -0.15) is 0 Å². The molecule has 0 saturated carbocycles. The van der Waals surface area contributed by atoms with Crippen LogP contribution < -0.4 is 80.9 Å². The van der Waals surface area contributed by atoms with Crippen molar-refractivity contribution in [3.05, 3.63) is 0 Å². The Morgan fingerprint density at radius 2 is 0.923 bits per heavy atom. The maximum atomic E-state index is 11.6. The van der Waals surface area contributed by atoms with E-state index in [-0.39, 0.29) is 96.6 Å². The van der Waals surface area contributed by atoms with Gasteiger partial charge in [-0.25, -0.2) is 0 Å². The van der Waals surface area contributed by atoms with Crippen molar-refractivity contribution in [1.29, 1.82) is 0 Å². The number of hydrogen-bond donors (Lipinski definition) is 2. The molecule has 6 heteroatoms. The number of hydrogen-bond acceptors (Lipinski definition) is 2. The molecule has 0 rings (SSSR count). The quantitative estimate of drug-likeness (QED) is 0.207. The van der Waals surface area contributed by atoms with Crippen LogP contribution in [0, 0.1) is 5.41 Å². The number of unbranched alkanes of at least 4 members (excludes halogenated alkanes) is 11. The molecule has 0 bridgehead atoms. The van der Waals surface area contributed by atoms with Crippen LogP contribution >= 0.6 is 0 Å². The van der Waals surface area contributed by atoms with E-state index in [0.29, 0.717) is 12.8 Å². The van der Waals surface area contributed by atoms with Gasteiger partial charge in [0.05, 0.1) is 0 Å². The van der Waals surface area contributed by atoms with E-state index < -0.39 is 17.4 Å². The van der Waals surface area contributed by atoms with E-state index in [1.165, 1.54) is 44.9 Å². The van der Waals surface area contributed by atoms with E-state index in [1.54, 1.807) is 0 Å². The summed E-state index contributed by atoms with van der Waals surface area (Å²) in [6.45, 7) is 4.25. The molecule has 4 nitrogen and oxygen atoms in total. The summed E-state index contributed by atoms with van der Waals surface area (Å²) in [6, 6.07) is 0. The average molecular weight is 407 g/mol. The maximum Gasteiger partial charge on any atom is 1.00 e. The zero-order chi connectivity index (χ0) is 18.3. The van der Waals surface area contributed by atoms with E-state index in [2.05, 4.69) is 6.92 Å². The average Bonchev–Trinajstić information content (AvgIpc) is 2.54. The zero-order valence-electron chi connectivity index (χ0n) is 19.8. The van der Waals surface area contributed by atoms with Crippen LogP contribution in [0.25, 0.3) is 0 Å². The molecule has 0 unspecified atom stereocenters. The molecule has 0 spiro atoms. The van der Waals surface area contributed by atoms with Crippen LogP contribution in [0.4, 0.5) is 0 Å². The van der Waals surface area contributed by atoms with Crippen LogP contribution in [0.3, 0.4) is 0 Å². The van der Waals surface area contributed by atoms with E-state index in [0.717, 1.165) is 25.7 Å². The Kier molecular flexibility index (Phi) is 26.4. The molecular weight excluding hydrogens is 366 g/mol. The van der Waals surface area contributed by atoms with Gasteiger partial charge in [-0.05, 0) is 12.8 Å². The van der Waals surface area contributed by atoms with Crippen LogP contribution in [0.1, 0.15) is 113 Å². The van der Waals surface area contributed by atoms with Crippen LogP contribution in [-0.2, 0) is 9.59 Å². The fraction of sp³-hybridized carbons (Fsp3) is 0.900. The van der Waals surface area contributed by atoms with Crippen LogP contribution in [0.15, 0.2) is 0 Å². The summed E-state index contributed by atoms with van der Waals surface area (Å²) >= 11 is 0. The van der Waals surface area contributed by atoms with Gasteiger partial charge in [0.25, 0.3) is 0 Å². The zero-order valence-corrected chi connectivity index (χ0v) is 22.9. The molecule has 146 valence electrons. The summed E-state index contributed by atoms with van der Waals surface area (Å²) in [5, 5.41) is 18.9. The van der Waals surface area contributed by atoms with Crippen molar-refractivity contribution in [2.75, 3.05) is 0 Å². The van der Waals surface area contributed by atoms with Crippen molar-refractivity contribution in [1.82, 2.24) is 0 Å². The molecule has 0 aromatic rings. The minimum absolute atomic E-state index is 0. The third-order valence-corrected chi connectivity index (χ3v) is 4.98. The van der Waals surface area contributed by atoms with E-state index in [9.17, 15) is 19.8 Å². The Balaban J connectivity index is -0.000000441. The first-order valence-corrected chi connectivity index (χ1v) is 9.98. The molecule has 0 atom stereocenters. The van der Waals surface area contributed by atoms with E-state index in [1.807, 2.05) is 6.92 Å². The van der Waals surface area contributed by atoms with Crippen LogP contribution in [0.2, 0.25) is 0 Å². The van der Waals surface area contributed by atoms with Gasteiger partial charge in [-0.15, -0.1) is 0 Å².